The van der Waals surface area contributed by atoms with Crippen molar-refractivity contribution in [1.29, 1.82) is 0 Å². The van der Waals surface area contributed by atoms with Crippen molar-refractivity contribution in [2.45, 2.75) is 40.3 Å². The highest BCUT2D eigenvalue weighted by Gasteiger charge is 2.17. The normalized spacial score (nSPS) is 10.9. The van der Waals surface area contributed by atoms with Crippen molar-refractivity contribution >= 4 is 11.6 Å². The number of anilines is 1. The van der Waals surface area contributed by atoms with Crippen molar-refractivity contribution in [1.82, 2.24) is 20.3 Å². The molecule has 0 fully saturated rings. The lowest BCUT2D eigenvalue weighted by atomic mass is 10.2. The van der Waals surface area contributed by atoms with Crippen molar-refractivity contribution in [2.24, 2.45) is 0 Å². The molecule has 3 aromatic rings. The van der Waals surface area contributed by atoms with Crippen LogP contribution in [-0.4, -0.2) is 33.5 Å². The number of amides is 1. The number of hydrogen-bond donors (Lipinski definition) is 2. The van der Waals surface area contributed by atoms with Gasteiger partial charge < -0.3 is 15.4 Å². The van der Waals surface area contributed by atoms with E-state index in [0.717, 1.165) is 35.8 Å². The number of rotatable bonds is 8. The first-order valence-electron chi connectivity index (χ1n) is 9.78. The summed E-state index contributed by atoms with van der Waals surface area (Å²) < 4.78 is 7.31. The van der Waals surface area contributed by atoms with E-state index in [0.29, 0.717) is 11.4 Å². The number of benzene rings is 2. The van der Waals surface area contributed by atoms with Crippen LogP contribution in [0.1, 0.15) is 42.5 Å². The van der Waals surface area contributed by atoms with Crippen LogP contribution in [0.5, 0.6) is 5.75 Å². The van der Waals surface area contributed by atoms with Gasteiger partial charge in [0.2, 0.25) is 0 Å². The van der Waals surface area contributed by atoms with E-state index in [-0.39, 0.29) is 12.0 Å². The Morgan fingerprint density at radius 3 is 2.62 bits per heavy atom. The summed E-state index contributed by atoms with van der Waals surface area (Å²) in [7, 11) is 0. The van der Waals surface area contributed by atoms with Gasteiger partial charge in [0.1, 0.15) is 5.75 Å². The van der Waals surface area contributed by atoms with Crippen molar-refractivity contribution in [2.75, 3.05) is 11.9 Å². The minimum atomic E-state index is -0.283. The standard InChI is InChI=1S/C22H27N5O2/c1-5-23-14-17-7-6-8-18(13-17)24-22(28)21-16(4)27(26-25-21)19-9-11-20(12-10-19)29-15(2)3/h6-13,15,23H,5,14H2,1-4H3,(H,24,28). The number of carbonyl (C=O) groups is 1. The van der Waals surface area contributed by atoms with E-state index in [2.05, 4.69) is 27.9 Å². The van der Waals surface area contributed by atoms with Crippen molar-refractivity contribution in [3.63, 3.8) is 0 Å². The SMILES string of the molecule is CCNCc1cccc(NC(=O)c2nnn(-c3ccc(OC(C)C)cc3)c2C)c1. The molecule has 0 bridgehead atoms. The summed E-state index contributed by atoms with van der Waals surface area (Å²) >= 11 is 0. The van der Waals surface area contributed by atoms with Crippen molar-refractivity contribution < 1.29 is 9.53 Å². The Morgan fingerprint density at radius 1 is 1.17 bits per heavy atom. The van der Waals surface area contributed by atoms with Crippen LogP contribution < -0.4 is 15.4 Å². The first-order chi connectivity index (χ1) is 14.0. The minimum Gasteiger partial charge on any atom is -0.491 e. The Labute approximate surface area is 171 Å². The Bertz CT molecular complexity index is 964. The van der Waals surface area contributed by atoms with Crippen molar-refractivity contribution in [3.8, 4) is 11.4 Å². The fraction of sp³-hybridized carbons (Fsp3) is 0.318. The molecule has 2 aromatic carbocycles. The predicted octanol–water partition coefficient (Wildman–Crippen LogP) is 3.72. The summed E-state index contributed by atoms with van der Waals surface area (Å²) in [5.74, 6) is 0.506. The van der Waals surface area contributed by atoms with E-state index < -0.39 is 0 Å². The molecule has 0 aliphatic heterocycles. The summed E-state index contributed by atoms with van der Waals surface area (Å²) in [4.78, 5) is 12.7. The largest absolute Gasteiger partial charge is 0.491 e. The molecule has 7 heteroatoms. The molecule has 0 radical (unpaired) electrons. The third kappa shape index (κ3) is 5.20. The topological polar surface area (TPSA) is 81.1 Å². The highest BCUT2D eigenvalue weighted by molar-refractivity contribution is 6.03. The number of carbonyl (C=O) groups excluding carboxylic acids is 1. The molecule has 152 valence electrons. The molecule has 1 heterocycles. The molecule has 2 N–H and O–H groups in total. The van der Waals surface area contributed by atoms with Gasteiger partial charge in [0, 0.05) is 12.2 Å². The monoisotopic (exact) mass is 393 g/mol. The van der Waals surface area contributed by atoms with Gasteiger partial charge in [0.25, 0.3) is 5.91 Å². The van der Waals surface area contributed by atoms with E-state index >= 15 is 0 Å². The Kier molecular flexibility index (Phi) is 6.61. The molecular weight excluding hydrogens is 366 g/mol. The summed E-state index contributed by atoms with van der Waals surface area (Å²) in [5, 5.41) is 14.4. The van der Waals surface area contributed by atoms with Gasteiger partial charge in [0.15, 0.2) is 5.69 Å². The van der Waals surface area contributed by atoms with E-state index in [9.17, 15) is 4.79 Å². The van der Waals surface area contributed by atoms with E-state index in [1.54, 1.807) is 4.68 Å². The molecule has 1 amide bonds. The molecule has 0 unspecified atom stereocenters. The third-order valence-corrected chi connectivity index (χ3v) is 4.33. The number of aromatic nitrogens is 3. The summed E-state index contributed by atoms with van der Waals surface area (Å²) in [6.45, 7) is 9.50. The van der Waals surface area contributed by atoms with Gasteiger partial charge in [-0.1, -0.05) is 24.3 Å². The van der Waals surface area contributed by atoms with Crippen LogP contribution in [-0.2, 0) is 6.54 Å². The van der Waals surface area contributed by atoms with Crippen LogP contribution in [0.3, 0.4) is 0 Å². The Hall–Kier alpha value is -3.19. The first-order valence-corrected chi connectivity index (χ1v) is 9.78. The number of nitrogens with zero attached hydrogens (tertiary/aromatic N) is 3. The molecule has 29 heavy (non-hydrogen) atoms. The molecule has 7 nitrogen and oxygen atoms in total. The zero-order valence-electron chi connectivity index (χ0n) is 17.3. The lowest BCUT2D eigenvalue weighted by Gasteiger charge is -2.10. The fourth-order valence-corrected chi connectivity index (χ4v) is 2.94. The molecule has 0 saturated carbocycles. The van der Waals surface area contributed by atoms with E-state index in [4.69, 9.17) is 4.74 Å². The van der Waals surface area contributed by atoms with Gasteiger partial charge in [-0.3, -0.25) is 4.79 Å². The first kappa shape index (κ1) is 20.5. The van der Waals surface area contributed by atoms with E-state index in [1.165, 1.54) is 0 Å². The third-order valence-electron chi connectivity index (χ3n) is 4.33. The molecule has 0 atom stereocenters. The number of ether oxygens (including phenoxy) is 1. The second-order valence-electron chi connectivity index (χ2n) is 7.03. The van der Waals surface area contributed by atoms with Crippen LogP contribution in [0, 0.1) is 6.92 Å². The summed E-state index contributed by atoms with van der Waals surface area (Å²) in [5.41, 5.74) is 3.62. The number of nitrogens with one attached hydrogen (secondary N) is 2. The lowest BCUT2D eigenvalue weighted by Crippen LogP contribution is -2.15. The molecule has 3 rings (SSSR count). The summed E-state index contributed by atoms with van der Waals surface area (Å²) in [6, 6.07) is 15.3. The number of hydrogen-bond acceptors (Lipinski definition) is 5. The maximum atomic E-state index is 12.7. The van der Waals surface area contributed by atoms with E-state index in [1.807, 2.05) is 69.3 Å². The summed E-state index contributed by atoms with van der Waals surface area (Å²) in [6.07, 6.45) is 0.112. The van der Waals surface area contributed by atoms with Gasteiger partial charge in [0.05, 0.1) is 17.5 Å². The second kappa shape index (κ2) is 9.34. The van der Waals surface area contributed by atoms with Crippen LogP contribution in [0.25, 0.3) is 5.69 Å². The maximum Gasteiger partial charge on any atom is 0.278 e. The quantitative estimate of drug-likeness (QED) is 0.610. The second-order valence-corrected chi connectivity index (χ2v) is 7.03. The van der Waals surface area contributed by atoms with Crippen LogP contribution in [0.2, 0.25) is 0 Å². The zero-order chi connectivity index (χ0) is 20.8. The molecule has 0 saturated heterocycles. The molecule has 0 aliphatic carbocycles. The maximum absolute atomic E-state index is 12.7. The van der Waals surface area contributed by atoms with Gasteiger partial charge in [-0.15, -0.1) is 5.10 Å². The van der Waals surface area contributed by atoms with Crippen molar-refractivity contribution in [3.05, 3.63) is 65.5 Å². The molecule has 0 spiro atoms. The van der Waals surface area contributed by atoms with Crippen LogP contribution in [0.4, 0.5) is 5.69 Å². The fourth-order valence-electron chi connectivity index (χ4n) is 2.94. The highest BCUT2D eigenvalue weighted by Crippen LogP contribution is 2.19. The lowest BCUT2D eigenvalue weighted by molar-refractivity contribution is 0.102. The van der Waals surface area contributed by atoms with Gasteiger partial charge in [-0.05, 0) is 69.3 Å². The average Bonchev–Trinajstić information content (AvgIpc) is 3.08. The highest BCUT2D eigenvalue weighted by atomic mass is 16.5. The average molecular weight is 393 g/mol. The smallest absolute Gasteiger partial charge is 0.278 e. The van der Waals surface area contributed by atoms with Gasteiger partial charge in [-0.25, -0.2) is 4.68 Å². The Morgan fingerprint density at radius 2 is 1.93 bits per heavy atom. The van der Waals surface area contributed by atoms with Gasteiger partial charge in [-0.2, -0.15) is 0 Å². The van der Waals surface area contributed by atoms with Crippen LogP contribution in [0.15, 0.2) is 48.5 Å². The van der Waals surface area contributed by atoms with Gasteiger partial charge >= 0.3 is 0 Å². The molecule has 1 aromatic heterocycles. The zero-order valence-corrected chi connectivity index (χ0v) is 17.3. The Balaban J connectivity index is 1.74. The molecular formula is C22H27N5O2. The minimum absolute atomic E-state index is 0.112. The molecule has 0 aliphatic rings. The van der Waals surface area contributed by atoms with Crippen LogP contribution >= 0.6 is 0 Å². The predicted molar refractivity (Wildman–Crippen MR) is 114 cm³/mol.